The van der Waals surface area contributed by atoms with E-state index in [0.717, 1.165) is 31.0 Å². The van der Waals surface area contributed by atoms with Gasteiger partial charge in [0, 0.05) is 13.1 Å². The van der Waals surface area contributed by atoms with Gasteiger partial charge in [0.2, 0.25) is 5.91 Å². The topological polar surface area (TPSA) is 99.2 Å². The molecule has 130 valence electrons. The minimum atomic E-state index is -0.0366. The number of ether oxygens (including phenoxy) is 1. The largest absolute Gasteiger partial charge is 0.362 e. The van der Waals surface area contributed by atoms with Gasteiger partial charge in [-0.3, -0.25) is 4.79 Å². The first kappa shape index (κ1) is 16.6. The summed E-state index contributed by atoms with van der Waals surface area (Å²) in [6, 6.07) is 0.169. The Morgan fingerprint density at radius 3 is 2.79 bits per heavy atom. The monoisotopic (exact) mass is 334 g/mol. The zero-order valence-corrected chi connectivity index (χ0v) is 14.2. The number of aryl methyl sites for hydroxylation is 3. The van der Waals surface area contributed by atoms with Gasteiger partial charge in [0.05, 0.1) is 6.04 Å². The second kappa shape index (κ2) is 7.08. The second-order valence-corrected chi connectivity index (χ2v) is 6.01. The minimum Gasteiger partial charge on any atom is -0.362 e. The Morgan fingerprint density at radius 2 is 2.12 bits per heavy atom. The minimum absolute atomic E-state index is 0.00349. The molecule has 1 atom stereocenters. The van der Waals surface area contributed by atoms with Crippen molar-refractivity contribution in [2.45, 2.75) is 46.3 Å². The normalized spacial score (nSPS) is 18.1. The molecule has 0 N–H and O–H groups in total. The van der Waals surface area contributed by atoms with Crippen molar-refractivity contribution in [2.75, 3.05) is 19.7 Å². The van der Waals surface area contributed by atoms with Crippen molar-refractivity contribution in [1.82, 2.24) is 29.8 Å². The summed E-state index contributed by atoms with van der Waals surface area (Å²) in [6.07, 6.45) is 1.94. The second-order valence-electron chi connectivity index (χ2n) is 6.01. The van der Waals surface area contributed by atoms with Gasteiger partial charge in [0.1, 0.15) is 24.9 Å². The Balaban J connectivity index is 1.52. The number of rotatable bonds is 5. The molecule has 2 aromatic heterocycles. The lowest BCUT2D eigenvalue weighted by Crippen LogP contribution is -2.42. The highest BCUT2D eigenvalue weighted by molar-refractivity contribution is 5.77. The predicted molar refractivity (Wildman–Crippen MR) is 83.0 cm³/mol. The molecule has 0 radical (unpaired) electrons. The van der Waals surface area contributed by atoms with Crippen molar-refractivity contribution in [2.24, 2.45) is 0 Å². The molecule has 9 heteroatoms. The van der Waals surface area contributed by atoms with Gasteiger partial charge in [0.25, 0.3) is 5.89 Å². The number of hydrogen-bond donors (Lipinski definition) is 0. The number of hydrogen-bond acceptors (Lipinski definition) is 7. The number of amides is 1. The molecule has 9 nitrogen and oxygen atoms in total. The maximum atomic E-state index is 12.3. The third-order valence-corrected chi connectivity index (χ3v) is 4.02. The van der Waals surface area contributed by atoms with Gasteiger partial charge in [-0.15, -0.1) is 0 Å². The SMILES string of the molecule is Cc1noc(COCC(=O)N2CCC[C@@H](n3nc(C)nc3C)C2)n1. The molecular weight excluding hydrogens is 312 g/mol. The Labute approximate surface area is 140 Å². The number of aromatic nitrogens is 5. The van der Waals surface area contributed by atoms with E-state index in [1.54, 1.807) is 6.92 Å². The molecule has 1 fully saturated rings. The smallest absolute Gasteiger partial charge is 0.252 e. The van der Waals surface area contributed by atoms with Gasteiger partial charge in [-0.1, -0.05) is 5.16 Å². The van der Waals surface area contributed by atoms with E-state index >= 15 is 0 Å². The molecule has 3 rings (SSSR count). The van der Waals surface area contributed by atoms with Crippen molar-refractivity contribution in [3.8, 4) is 0 Å². The molecule has 0 aromatic carbocycles. The summed E-state index contributed by atoms with van der Waals surface area (Å²) in [7, 11) is 0. The maximum absolute atomic E-state index is 12.3. The predicted octanol–water partition coefficient (Wildman–Crippen LogP) is 0.967. The molecule has 24 heavy (non-hydrogen) atoms. The van der Waals surface area contributed by atoms with E-state index in [1.165, 1.54) is 0 Å². The van der Waals surface area contributed by atoms with Crippen LogP contribution in [0.15, 0.2) is 4.52 Å². The molecule has 0 saturated carbocycles. The quantitative estimate of drug-likeness (QED) is 0.803. The lowest BCUT2D eigenvalue weighted by Gasteiger charge is -2.33. The van der Waals surface area contributed by atoms with Crippen molar-refractivity contribution in [1.29, 1.82) is 0 Å². The molecule has 2 aromatic rings. The first-order valence-corrected chi connectivity index (χ1v) is 8.07. The molecule has 1 saturated heterocycles. The van der Waals surface area contributed by atoms with Crippen LogP contribution in [0.5, 0.6) is 0 Å². The molecule has 0 aliphatic carbocycles. The van der Waals surface area contributed by atoms with E-state index in [9.17, 15) is 4.79 Å². The van der Waals surface area contributed by atoms with Crippen molar-refractivity contribution >= 4 is 5.91 Å². The van der Waals surface area contributed by atoms with E-state index < -0.39 is 0 Å². The number of carbonyl (C=O) groups excluding carboxylic acids is 1. The van der Waals surface area contributed by atoms with Crippen LogP contribution in [-0.4, -0.2) is 55.4 Å². The average molecular weight is 334 g/mol. The number of piperidine rings is 1. The molecular formula is C15H22N6O3. The van der Waals surface area contributed by atoms with Crippen LogP contribution in [0, 0.1) is 20.8 Å². The van der Waals surface area contributed by atoms with Crippen molar-refractivity contribution < 1.29 is 14.1 Å². The van der Waals surface area contributed by atoms with E-state index in [-0.39, 0.29) is 25.2 Å². The van der Waals surface area contributed by atoms with Crippen LogP contribution in [0.1, 0.15) is 42.2 Å². The van der Waals surface area contributed by atoms with Crippen LogP contribution < -0.4 is 0 Å². The summed E-state index contributed by atoms with van der Waals surface area (Å²) < 4.78 is 12.3. The Bertz CT molecular complexity index is 710. The third kappa shape index (κ3) is 3.78. The summed E-state index contributed by atoms with van der Waals surface area (Å²) >= 11 is 0. The van der Waals surface area contributed by atoms with Gasteiger partial charge in [-0.25, -0.2) is 9.67 Å². The van der Waals surface area contributed by atoms with Crippen molar-refractivity contribution in [3.05, 3.63) is 23.4 Å². The van der Waals surface area contributed by atoms with Gasteiger partial charge in [-0.2, -0.15) is 10.1 Å². The highest BCUT2D eigenvalue weighted by Crippen LogP contribution is 2.22. The van der Waals surface area contributed by atoms with E-state index in [2.05, 4.69) is 20.2 Å². The molecule has 1 aliphatic rings. The summed E-state index contributed by atoms with van der Waals surface area (Å²) in [5.74, 6) is 2.54. The Kier molecular flexibility index (Phi) is 4.89. The fraction of sp³-hybridized carbons (Fsp3) is 0.667. The number of carbonyl (C=O) groups is 1. The first-order valence-electron chi connectivity index (χ1n) is 8.07. The Morgan fingerprint density at radius 1 is 1.29 bits per heavy atom. The highest BCUT2D eigenvalue weighted by Gasteiger charge is 2.26. The van der Waals surface area contributed by atoms with E-state index in [0.29, 0.717) is 18.3 Å². The van der Waals surface area contributed by atoms with Crippen molar-refractivity contribution in [3.63, 3.8) is 0 Å². The summed E-state index contributed by atoms with van der Waals surface area (Å²) in [4.78, 5) is 22.6. The molecule has 0 spiro atoms. The van der Waals surface area contributed by atoms with Gasteiger partial charge >= 0.3 is 0 Å². The third-order valence-electron chi connectivity index (χ3n) is 4.02. The molecule has 0 unspecified atom stereocenters. The van der Waals surface area contributed by atoms with Crippen LogP contribution in [-0.2, 0) is 16.1 Å². The molecule has 3 heterocycles. The summed E-state index contributed by atoms with van der Waals surface area (Å²) in [5.41, 5.74) is 0. The van der Waals surface area contributed by atoms with Gasteiger partial charge in [-0.05, 0) is 33.6 Å². The zero-order chi connectivity index (χ0) is 17.1. The fourth-order valence-corrected chi connectivity index (χ4v) is 2.98. The van der Waals surface area contributed by atoms with Gasteiger partial charge < -0.3 is 14.2 Å². The summed E-state index contributed by atoms with van der Waals surface area (Å²) in [5, 5.41) is 8.12. The standard InChI is InChI=1S/C15H22N6O3/c1-10-16-12(3)21(18-10)13-5-4-6-20(7-13)15(22)9-23-8-14-17-11(2)19-24-14/h13H,4-9H2,1-3H3/t13-/m1/s1. The molecule has 0 bridgehead atoms. The van der Waals surface area contributed by atoms with Gasteiger partial charge in [0.15, 0.2) is 5.82 Å². The molecule has 1 aliphatic heterocycles. The molecule has 1 amide bonds. The lowest BCUT2D eigenvalue weighted by atomic mass is 10.1. The zero-order valence-electron chi connectivity index (χ0n) is 14.2. The van der Waals surface area contributed by atoms with Crippen LogP contribution >= 0.6 is 0 Å². The first-order chi connectivity index (χ1) is 11.5. The maximum Gasteiger partial charge on any atom is 0.252 e. The van der Waals surface area contributed by atoms with E-state index in [4.69, 9.17) is 9.26 Å². The summed E-state index contributed by atoms with van der Waals surface area (Å²) in [6.45, 7) is 7.07. The fourth-order valence-electron chi connectivity index (χ4n) is 2.98. The van der Waals surface area contributed by atoms with Crippen LogP contribution in [0.3, 0.4) is 0 Å². The van der Waals surface area contributed by atoms with Crippen LogP contribution in [0.25, 0.3) is 0 Å². The number of likely N-dealkylation sites (tertiary alicyclic amines) is 1. The Hall–Kier alpha value is -2.29. The van der Waals surface area contributed by atoms with Crippen LogP contribution in [0.2, 0.25) is 0 Å². The highest BCUT2D eigenvalue weighted by atomic mass is 16.5. The lowest BCUT2D eigenvalue weighted by molar-refractivity contribution is -0.138. The number of nitrogens with zero attached hydrogens (tertiary/aromatic N) is 6. The average Bonchev–Trinajstić information content (AvgIpc) is 3.12. The van der Waals surface area contributed by atoms with Crippen LogP contribution in [0.4, 0.5) is 0 Å². The van der Waals surface area contributed by atoms with E-state index in [1.807, 2.05) is 23.4 Å².